The number of nitrogens with two attached hydrogens (primary N) is 1. The number of nitrogens with zero attached hydrogens (tertiary/aromatic N) is 2. The minimum absolute atomic E-state index is 0.228. The number of carbonyl (C=O) groups is 3. The maximum Gasteiger partial charge on any atom is 0.335 e. The van der Waals surface area contributed by atoms with Crippen LogP contribution in [0.25, 0.3) is 5.69 Å². The van der Waals surface area contributed by atoms with Crippen LogP contribution in [-0.4, -0.2) is 32.4 Å². The number of nitro benzene ring substituents is 1. The molecule has 2 aromatic rings. The molecule has 25 heavy (non-hydrogen) atoms. The molecular weight excluding hydrogens is 336 g/mol. The van der Waals surface area contributed by atoms with Crippen LogP contribution < -0.4 is 16.6 Å². The number of imide groups is 1. The second-order valence-electron chi connectivity index (χ2n) is 5.04. The number of carbonyl (C=O) groups excluding carboxylic acids is 2. The number of carboxylic acid groups (broad SMARTS) is 1. The van der Waals surface area contributed by atoms with Gasteiger partial charge in [-0.2, -0.15) is 0 Å². The molecule has 1 aromatic carbocycles. The molecule has 0 radical (unpaired) electrons. The minimum Gasteiger partial charge on any atom is -0.478 e. The Bertz CT molecular complexity index is 1050. The summed E-state index contributed by atoms with van der Waals surface area (Å²) in [6.45, 7) is 0. The number of rotatable bonds is 3. The third-order valence-corrected chi connectivity index (χ3v) is 3.61. The summed E-state index contributed by atoms with van der Waals surface area (Å²) < 4.78 is 0.681. The molecule has 0 saturated heterocycles. The Balaban J connectivity index is 2.36. The summed E-state index contributed by atoms with van der Waals surface area (Å²) in [5.41, 5.74) is 3.02. The van der Waals surface area contributed by atoms with Crippen molar-refractivity contribution in [1.82, 2.24) is 9.88 Å². The molecule has 0 spiro atoms. The van der Waals surface area contributed by atoms with Gasteiger partial charge in [0.1, 0.15) is 11.5 Å². The van der Waals surface area contributed by atoms with Crippen molar-refractivity contribution in [2.75, 3.05) is 5.73 Å². The second kappa shape index (κ2) is 5.26. The third kappa shape index (κ3) is 2.30. The van der Waals surface area contributed by atoms with Crippen LogP contribution in [0.3, 0.4) is 0 Å². The van der Waals surface area contributed by atoms with Gasteiger partial charge in [-0.3, -0.25) is 34.4 Å². The number of nitrogen functional groups attached to an aromatic ring is 1. The molecule has 0 unspecified atom stereocenters. The lowest BCUT2D eigenvalue weighted by atomic mass is 10.1. The van der Waals surface area contributed by atoms with E-state index >= 15 is 0 Å². The number of fused-ring (bicyclic) bond motifs is 1. The van der Waals surface area contributed by atoms with Crippen molar-refractivity contribution in [3.05, 3.63) is 61.4 Å². The van der Waals surface area contributed by atoms with Gasteiger partial charge in [0.05, 0.1) is 21.6 Å². The highest BCUT2D eigenvalue weighted by atomic mass is 16.6. The monoisotopic (exact) mass is 344 g/mol. The third-order valence-electron chi connectivity index (χ3n) is 3.61. The van der Waals surface area contributed by atoms with Crippen LogP contribution in [0.5, 0.6) is 0 Å². The van der Waals surface area contributed by atoms with Gasteiger partial charge in [0.2, 0.25) is 0 Å². The van der Waals surface area contributed by atoms with E-state index in [0.29, 0.717) is 4.57 Å². The molecular formula is C14H8N4O7. The van der Waals surface area contributed by atoms with Gasteiger partial charge in [0.15, 0.2) is 0 Å². The predicted molar refractivity (Wildman–Crippen MR) is 81.9 cm³/mol. The fourth-order valence-corrected chi connectivity index (χ4v) is 2.52. The van der Waals surface area contributed by atoms with Crippen LogP contribution in [0.2, 0.25) is 0 Å². The average molecular weight is 344 g/mol. The van der Waals surface area contributed by atoms with E-state index in [-0.39, 0.29) is 22.4 Å². The van der Waals surface area contributed by atoms with E-state index in [4.69, 9.17) is 10.8 Å². The van der Waals surface area contributed by atoms with Crippen molar-refractivity contribution in [3.63, 3.8) is 0 Å². The van der Waals surface area contributed by atoms with Gasteiger partial charge < -0.3 is 10.8 Å². The summed E-state index contributed by atoms with van der Waals surface area (Å²) in [7, 11) is 0. The van der Waals surface area contributed by atoms with E-state index < -0.39 is 39.8 Å². The Morgan fingerprint density at radius 1 is 1.20 bits per heavy atom. The summed E-state index contributed by atoms with van der Waals surface area (Å²) in [4.78, 5) is 57.1. The molecule has 0 fully saturated rings. The summed E-state index contributed by atoms with van der Waals surface area (Å²) in [5, 5.41) is 22.2. The fourth-order valence-electron chi connectivity index (χ4n) is 2.52. The van der Waals surface area contributed by atoms with Gasteiger partial charge in [0, 0.05) is 12.1 Å². The van der Waals surface area contributed by atoms with Gasteiger partial charge >= 0.3 is 5.97 Å². The average Bonchev–Trinajstić information content (AvgIpc) is 2.81. The molecule has 0 aliphatic carbocycles. The first kappa shape index (κ1) is 15.9. The maximum atomic E-state index is 12.3. The van der Waals surface area contributed by atoms with E-state index in [1.165, 1.54) is 0 Å². The largest absolute Gasteiger partial charge is 0.478 e. The highest BCUT2D eigenvalue weighted by Gasteiger charge is 2.33. The van der Waals surface area contributed by atoms with Crippen molar-refractivity contribution >= 4 is 29.3 Å². The Labute approximate surface area is 137 Å². The topological polar surface area (TPSA) is 175 Å². The Morgan fingerprint density at radius 3 is 2.48 bits per heavy atom. The Kier molecular flexibility index (Phi) is 3.34. The Hall–Kier alpha value is -4.02. The van der Waals surface area contributed by atoms with Gasteiger partial charge in [-0.15, -0.1) is 0 Å². The van der Waals surface area contributed by atoms with Crippen LogP contribution in [0.1, 0.15) is 31.1 Å². The van der Waals surface area contributed by atoms with E-state index in [1.807, 2.05) is 5.32 Å². The first-order valence-electron chi connectivity index (χ1n) is 6.65. The summed E-state index contributed by atoms with van der Waals surface area (Å²) in [6.07, 6.45) is 0. The molecule has 11 heteroatoms. The molecule has 3 rings (SSSR count). The van der Waals surface area contributed by atoms with E-state index in [0.717, 1.165) is 24.3 Å². The maximum absolute atomic E-state index is 12.3. The van der Waals surface area contributed by atoms with E-state index in [1.54, 1.807) is 0 Å². The molecule has 0 saturated carbocycles. The molecule has 2 heterocycles. The molecule has 1 aliphatic heterocycles. The van der Waals surface area contributed by atoms with Gasteiger partial charge in [-0.25, -0.2) is 4.79 Å². The van der Waals surface area contributed by atoms with Crippen molar-refractivity contribution in [1.29, 1.82) is 0 Å². The smallest absolute Gasteiger partial charge is 0.335 e. The summed E-state index contributed by atoms with van der Waals surface area (Å²) >= 11 is 0. The van der Waals surface area contributed by atoms with Gasteiger partial charge in [-0.1, -0.05) is 0 Å². The number of aromatic nitrogens is 1. The standard InChI is InChI=1S/C14H8N4O7/c15-11-10-6(12(20)16-13(10)21)4-9(19)17(11)7-2-1-5(14(22)23)3-8(7)18(24)25/h1-4H,15H2,(H,22,23)(H,16,20,21). The highest BCUT2D eigenvalue weighted by molar-refractivity contribution is 6.23. The number of hydrogen-bond acceptors (Lipinski definition) is 7. The van der Waals surface area contributed by atoms with Gasteiger partial charge in [-0.05, 0) is 12.1 Å². The van der Waals surface area contributed by atoms with Crippen molar-refractivity contribution in [2.45, 2.75) is 0 Å². The number of anilines is 1. The lowest BCUT2D eigenvalue weighted by molar-refractivity contribution is -0.384. The number of nitrogens with one attached hydrogen (secondary N) is 1. The van der Waals surface area contributed by atoms with Crippen LogP contribution in [0.4, 0.5) is 11.5 Å². The molecule has 0 bridgehead atoms. The number of aromatic carboxylic acids is 1. The summed E-state index contributed by atoms with van der Waals surface area (Å²) in [6, 6.07) is 3.68. The number of hydrogen-bond donors (Lipinski definition) is 3. The number of pyridine rings is 1. The molecule has 126 valence electrons. The minimum atomic E-state index is -1.39. The zero-order chi connectivity index (χ0) is 18.5. The SMILES string of the molecule is Nc1c2c(cc(=O)n1-c1ccc(C(=O)O)cc1[N+](=O)[O-])C(=O)NC2=O. The molecule has 11 nitrogen and oxygen atoms in total. The molecule has 1 aliphatic rings. The van der Waals surface area contributed by atoms with Crippen molar-refractivity contribution < 1.29 is 24.4 Å². The highest BCUT2D eigenvalue weighted by Crippen LogP contribution is 2.28. The molecule has 0 atom stereocenters. The number of carboxylic acids is 1. The lowest BCUT2D eigenvalue weighted by Crippen LogP contribution is -2.24. The van der Waals surface area contributed by atoms with E-state index in [2.05, 4.69) is 0 Å². The first-order chi connectivity index (χ1) is 11.7. The zero-order valence-corrected chi connectivity index (χ0v) is 12.2. The van der Waals surface area contributed by atoms with Crippen molar-refractivity contribution in [2.24, 2.45) is 0 Å². The van der Waals surface area contributed by atoms with Gasteiger partial charge in [0.25, 0.3) is 23.1 Å². The quantitative estimate of drug-likeness (QED) is 0.393. The number of nitro groups is 1. The first-order valence-corrected chi connectivity index (χ1v) is 6.65. The molecule has 2 amide bonds. The van der Waals surface area contributed by atoms with Crippen molar-refractivity contribution in [3.8, 4) is 5.69 Å². The zero-order valence-electron chi connectivity index (χ0n) is 12.2. The number of amides is 2. The summed E-state index contributed by atoms with van der Waals surface area (Å²) in [5.74, 6) is -3.49. The lowest BCUT2D eigenvalue weighted by Gasteiger charge is -2.12. The fraction of sp³-hybridized carbons (Fsp3) is 0. The van der Waals surface area contributed by atoms with E-state index in [9.17, 15) is 29.3 Å². The second-order valence-corrected chi connectivity index (χ2v) is 5.04. The molecule has 4 N–H and O–H groups in total. The normalized spacial score (nSPS) is 12.6. The van der Waals surface area contributed by atoms with Crippen LogP contribution in [0.15, 0.2) is 29.1 Å². The molecule has 1 aromatic heterocycles. The predicted octanol–water partition coefficient (Wildman–Crippen LogP) is -0.0903. The van der Waals surface area contributed by atoms with Crippen LogP contribution in [-0.2, 0) is 0 Å². The van der Waals surface area contributed by atoms with Crippen LogP contribution in [0, 0.1) is 10.1 Å². The van der Waals surface area contributed by atoms with Crippen LogP contribution >= 0.6 is 0 Å². The number of benzene rings is 1. The Morgan fingerprint density at radius 2 is 1.88 bits per heavy atom.